The fourth-order valence-electron chi connectivity index (χ4n) is 13.2. The summed E-state index contributed by atoms with van der Waals surface area (Å²) in [7, 11) is 0. The van der Waals surface area contributed by atoms with E-state index < -0.39 is 0 Å². The SMILES string of the molecule is CCCCCCCCCCCCCC(=O)OC1CCC2(C)C(CCC3(C)C2CC=C2C4C(C)C(C)CCC4(C)CCC23C)C1(C)C. The van der Waals surface area contributed by atoms with Gasteiger partial charge in [-0.25, -0.2) is 0 Å². The topological polar surface area (TPSA) is 26.3 Å². The normalized spacial score (nSPS) is 43.0. The van der Waals surface area contributed by atoms with Crippen LogP contribution < -0.4 is 0 Å². The van der Waals surface area contributed by atoms with Crippen LogP contribution in [0.5, 0.6) is 0 Å². The van der Waals surface area contributed by atoms with E-state index in [0.717, 1.165) is 36.5 Å². The van der Waals surface area contributed by atoms with E-state index in [9.17, 15) is 4.79 Å². The van der Waals surface area contributed by atoms with E-state index in [2.05, 4.69) is 68.4 Å². The van der Waals surface area contributed by atoms with Crippen LogP contribution in [-0.2, 0) is 9.53 Å². The number of carbonyl (C=O) groups excluding carboxylic acids is 1. The van der Waals surface area contributed by atoms with Gasteiger partial charge in [0.2, 0.25) is 0 Å². The molecule has 0 spiro atoms. The van der Waals surface area contributed by atoms with Crippen molar-refractivity contribution in [1.29, 1.82) is 0 Å². The molecular weight excluding hydrogens is 560 g/mol. The molecule has 264 valence electrons. The summed E-state index contributed by atoms with van der Waals surface area (Å²) >= 11 is 0. The van der Waals surface area contributed by atoms with Crippen molar-refractivity contribution in [3.8, 4) is 0 Å². The molecule has 4 fully saturated rings. The lowest BCUT2D eigenvalue weighted by Gasteiger charge is -2.71. The van der Waals surface area contributed by atoms with Crippen LogP contribution in [0, 0.1) is 56.7 Å². The van der Waals surface area contributed by atoms with Gasteiger partial charge in [-0.2, -0.15) is 0 Å². The minimum absolute atomic E-state index is 0.0322. The summed E-state index contributed by atoms with van der Waals surface area (Å²) in [5.41, 5.74) is 3.40. The summed E-state index contributed by atoms with van der Waals surface area (Å²) in [4.78, 5) is 13.1. The number of carbonyl (C=O) groups is 1. The number of hydrogen-bond donors (Lipinski definition) is 0. The van der Waals surface area contributed by atoms with Crippen LogP contribution in [-0.4, -0.2) is 12.1 Å². The molecule has 0 heterocycles. The molecule has 0 bridgehead atoms. The van der Waals surface area contributed by atoms with Crippen molar-refractivity contribution in [3.63, 3.8) is 0 Å². The summed E-state index contributed by atoms with van der Waals surface area (Å²) in [6.07, 6.45) is 29.7. The van der Waals surface area contributed by atoms with Gasteiger partial charge in [-0.15, -0.1) is 0 Å². The summed E-state index contributed by atoms with van der Waals surface area (Å²) in [5.74, 6) is 3.81. The predicted octanol–water partition coefficient (Wildman–Crippen LogP) is 13.3. The second-order valence-electron chi connectivity index (χ2n) is 19.4. The zero-order valence-corrected chi connectivity index (χ0v) is 32.2. The third kappa shape index (κ3) is 6.45. The maximum absolute atomic E-state index is 13.1. The van der Waals surface area contributed by atoms with E-state index in [-0.39, 0.29) is 17.5 Å². The maximum atomic E-state index is 13.1. The van der Waals surface area contributed by atoms with Crippen molar-refractivity contribution in [3.05, 3.63) is 11.6 Å². The van der Waals surface area contributed by atoms with Crippen LogP contribution in [0.4, 0.5) is 0 Å². The van der Waals surface area contributed by atoms with E-state index >= 15 is 0 Å². The highest BCUT2D eigenvalue weighted by Gasteiger charge is 2.68. The fraction of sp³-hybridized carbons (Fsp3) is 0.932. The van der Waals surface area contributed by atoms with Crippen molar-refractivity contribution in [2.45, 2.75) is 203 Å². The first-order valence-corrected chi connectivity index (χ1v) is 20.6. The molecular formula is C44H76O2. The molecule has 5 aliphatic carbocycles. The zero-order chi connectivity index (χ0) is 33.4. The largest absolute Gasteiger partial charge is 0.462 e. The van der Waals surface area contributed by atoms with Crippen molar-refractivity contribution < 1.29 is 9.53 Å². The molecule has 10 unspecified atom stereocenters. The minimum atomic E-state index is 0.0322. The van der Waals surface area contributed by atoms with Crippen molar-refractivity contribution in [1.82, 2.24) is 0 Å². The Labute approximate surface area is 286 Å². The zero-order valence-electron chi connectivity index (χ0n) is 32.2. The van der Waals surface area contributed by atoms with E-state index in [1.165, 1.54) is 116 Å². The maximum Gasteiger partial charge on any atom is 0.306 e. The van der Waals surface area contributed by atoms with Crippen LogP contribution in [0.1, 0.15) is 197 Å². The second kappa shape index (κ2) is 14.2. The molecule has 5 rings (SSSR count). The van der Waals surface area contributed by atoms with E-state index in [4.69, 9.17) is 4.74 Å². The number of allylic oxidation sites excluding steroid dienone is 2. The molecule has 5 aliphatic rings. The monoisotopic (exact) mass is 637 g/mol. The number of esters is 1. The van der Waals surface area contributed by atoms with Gasteiger partial charge >= 0.3 is 5.97 Å². The van der Waals surface area contributed by atoms with Crippen LogP contribution in [0.3, 0.4) is 0 Å². The van der Waals surface area contributed by atoms with Crippen molar-refractivity contribution in [2.24, 2.45) is 56.7 Å². The highest BCUT2D eigenvalue weighted by atomic mass is 16.5. The molecule has 46 heavy (non-hydrogen) atoms. The summed E-state index contributed by atoms with van der Waals surface area (Å²) < 4.78 is 6.40. The Morgan fingerprint density at radius 1 is 0.739 bits per heavy atom. The lowest BCUT2D eigenvalue weighted by atomic mass is 9.33. The van der Waals surface area contributed by atoms with Gasteiger partial charge in [-0.3, -0.25) is 4.79 Å². The number of unbranched alkanes of at least 4 members (excludes halogenated alkanes) is 10. The van der Waals surface area contributed by atoms with Gasteiger partial charge in [0.1, 0.15) is 6.10 Å². The molecule has 2 nitrogen and oxygen atoms in total. The molecule has 0 aromatic heterocycles. The van der Waals surface area contributed by atoms with Gasteiger partial charge in [0, 0.05) is 11.8 Å². The standard InChI is InChI=1S/C44H76O2/c1-10-11-12-13-14-15-16-17-18-19-20-21-38(45)46-37-26-28-42(7)35(40(37,4)5)25-29-44(9)36(42)23-22-34-39-33(3)32(2)24-27-41(39,6)30-31-43(34,44)8/h22,32-33,35-37,39H,10-21,23-31H2,1-9H3. The third-order valence-electron chi connectivity index (χ3n) is 16.6. The minimum Gasteiger partial charge on any atom is -0.462 e. The van der Waals surface area contributed by atoms with Crippen LogP contribution in [0.25, 0.3) is 0 Å². The number of ether oxygens (including phenoxy) is 1. The molecule has 0 N–H and O–H groups in total. The Hall–Kier alpha value is -0.790. The van der Waals surface area contributed by atoms with Crippen LogP contribution in [0.15, 0.2) is 11.6 Å². The van der Waals surface area contributed by atoms with E-state index in [1.807, 2.05) is 5.57 Å². The highest BCUT2D eigenvalue weighted by Crippen LogP contribution is 2.75. The van der Waals surface area contributed by atoms with Gasteiger partial charge in [0.15, 0.2) is 0 Å². The van der Waals surface area contributed by atoms with Gasteiger partial charge < -0.3 is 4.74 Å². The Balaban J connectivity index is 1.18. The van der Waals surface area contributed by atoms with Gasteiger partial charge in [-0.1, -0.05) is 138 Å². The van der Waals surface area contributed by atoms with E-state index in [0.29, 0.717) is 34.0 Å². The summed E-state index contributed by atoms with van der Waals surface area (Å²) in [5, 5.41) is 0. The quantitative estimate of drug-likeness (QED) is 0.114. The molecule has 0 aliphatic heterocycles. The fourth-order valence-corrected chi connectivity index (χ4v) is 13.2. The second-order valence-corrected chi connectivity index (χ2v) is 19.4. The Morgan fingerprint density at radius 2 is 1.37 bits per heavy atom. The smallest absolute Gasteiger partial charge is 0.306 e. The van der Waals surface area contributed by atoms with Crippen molar-refractivity contribution in [2.75, 3.05) is 0 Å². The molecule has 0 saturated heterocycles. The van der Waals surface area contributed by atoms with Crippen molar-refractivity contribution >= 4 is 5.97 Å². The van der Waals surface area contributed by atoms with Crippen LogP contribution >= 0.6 is 0 Å². The molecule has 0 radical (unpaired) electrons. The van der Waals surface area contributed by atoms with Gasteiger partial charge in [-0.05, 0) is 115 Å². The molecule has 4 saturated carbocycles. The number of rotatable bonds is 13. The first kappa shape index (κ1) is 36.5. The first-order valence-electron chi connectivity index (χ1n) is 20.6. The average Bonchev–Trinajstić information content (AvgIpc) is 3.00. The molecule has 2 heteroatoms. The predicted molar refractivity (Wildman–Crippen MR) is 196 cm³/mol. The highest BCUT2D eigenvalue weighted by molar-refractivity contribution is 5.69. The summed E-state index contributed by atoms with van der Waals surface area (Å²) in [6.45, 7) is 23.1. The average molecular weight is 637 g/mol. The molecule has 0 amide bonds. The van der Waals surface area contributed by atoms with Crippen LogP contribution in [0.2, 0.25) is 0 Å². The number of hydrogen-bond acceptors (Lipinski definition) is 2. The Kier molecular flexibility index (Phi) is 11.3. The van der Waals surface area contributed by atoms with E-state index in [1.54, 1.807) is 0 Å². The third-order valence-corrected chi connectivity index (χ3v) is 16.6. The first-order chi connectivity index (χ1) is 21.7. The Bertz CT molecular complexity index is 1070. The molecule has 0 aromatic carbocycles. The number of fused-ring (bicyclic) bond motifs is 7. The van der Waals surface area contributed by atoms with Gasteiger partial charge in [0.05, 0.1) is 0 Å². The Morgan fingerprint density at radius 3 is 2.02 bits per heavy atom. The van der Waals surface area contributed by atoms with Gasteiger partial charge in [0.25, 0.3) is 0 Å². The lowest BCUT2D eigenvalue weighted by Crippen LogP contribution is -2.65. The summed E-state index contributed by atoms with van der Waals surface area (Å²) in [6, 6.07) is 0. The lowest BCUT2D eigenvalue weighted by molar-refractivity contribution is -0.213. The molecule has 10 atom stereocenters. The molecule has 0 aromatic rings.